The van der Waals surface area contributed by atoms with Gasteiger partial charge in [0.15, 0.2) is 0 Å². The molecule has 1 heterocycles. The van der Waals surface area contributed by atoms with Crippen LogP contribution in [0.4, 0.5) is 0 Å². The van der Waals surface area contributed by atoms with Crippen molar-refractivity contribution in [3.63, 3.8) is 0 Å². The van der Waals surface area contributed by atoms with Crippen LogP contribution in [0.25, 0.3) is 0 Å². The molecule has 0 saturated carbocycles. The van der Waals surface area contributed by atoms with Crippen molar-refractivity contribution < 1.29 is 9.90 Å². The SMILES string of the molecule is CCC(C)CC(=O)N(CCO)CC1CCCN1. The first-order valence-corrected chi connectivity index (χ1v) is 6.79. The average molecular weight is 242 g/mol. The van der Waals surface area contributed by atoms with Crippen LogP contribution in [0.2, 0.25) is 0 Å². The fraction of sp³-hybridized carbons (Fsp3) is 0.923. The standard InChI is InChI=1S/C13H26N2O2/c1-3-11(2)9-13(17)15(7-8-16)10-12-5-4-6-14-12/h11-12,14,16H,3-10H2,1-2H3. The summed E-state index contributed by atoms with van der Waals surface area (Å²) in [7, 11) is 0. The molecule has 2 atom stereocenters. The Kier molecular flexibility index (Phi) is 6.52. The minimum absolute atomic E-state index is 0.0545. The Balaban J connectivity index is 2.42. The summed E-state index contributed by atoms with van der Waals surface area (Å²) in [4.78, 5) is 13.9. The van der Waals surface area contributed by atoms with Crippen molar-refractivity contribution >= 4 is 5.91 Å². The average Bonchev–Trinajstić information content (AvgIpc) is 2.81. The second-order valence-corrected chi connectivity index (χ2v) is 5.07. The Hall–Kier alpha value is -0.610. The van der Waals surface area contributed by atoms with E-state index in [0.717, 1.165) is 25.9 Å². The number of nitrogens with zero attached hydrogens (tertiary/aromatic N) is 1. The van der Waals surface area contributed by atoms with Gasteiger partial charge in [0.1, 0.15) is 0 Å². The molecular formula is C13H26N2O2. The van der Waals surface area contributed by atoms with E-state index >= 15 is 0 Å². The number of aliphatic hydroxyl groups is 1. The molecule has 1 amide bonds. The lowest BCUT2D eigenvalue weighted by Gasteiger charge is -2.26. The zero-order valence-corrected chi connectivity index (χ0v) is 11.1. The third-order valence-corrected chi connectivity index (χ3v) is 3.55. The summed E-state index contributed by atoms with van der Waals surface area (Å²) in [6, 6.07) is 0.419. The molecule has 0 radical (unpaired) electrons. The molecule has 17 heavy (non-hydrogen) atoms. The van der Waals surface area contributed by atoms with Gasteiger partial charge in [-0.05, 0) is 25.3 Å². The van der Waals surface area contributed by atoms with E-state index in [9.17, 15) is 4.79 Å². The van der Waals surface area contributed by atoms with Gasteiger partial charge in [-0.2, -0.15) is 0 Å². The van der Waals surface area contributed by atoms with Gasteiger partial charge in [-0.25, -0.2) is 0 Å². The predicted octanol–water partition coefficient (Wildman–Crippen LogP) is 0.996. The highest BCUT2D eigenvalue weighted by atomic mass is 16.3. The van der Waals surface area contributed by atoms with Crippen molar-refractivity contribution in [2.75, 3.05) is 26.2 Å². The molecule has 2 unspecified atom stereocenters. The highest BCUT2D eigenvalue weighted by molar-refractivity contribution is 5.76. The molecule has 1 aliphatic rings. The van der Waals surface area contributed by atoms with Crippen LogP contribution in [0, 0.1) is 5.92 Å². The van der Waals surface area contributed by atoms with Gasteiger partial charge in [-0.3, -0.25) is 4.79 Å². The minimum atomic E-state index is 0.0545. The van der Waals surface area contributed by atoms with Crippen molar-refractivity contribution in [2.24, 2.45) is 5.92 Å². The van der Waals surface area contributed by atoms with Gasteiger partial charge >= 0.3 is 0 Å². The molecule has 0 aromatic rings. The van der Waals surface area contributed by atoms with Crippen LogP contribution in [-0.4, -0.2) is 48.2 Å². The van der Waals surface area contributed by atoms with Gasteiger partial charge < -0.3 is 15.3 Å². The maximum atomic E-state index is 12.1. The highest BCUT2D eigenvalue weighted by Gasteiger charge is 2.21. The first-order valence-electron chi connectivity index (χ1n) is 6.79. The highest BCUT2D eigenvalue weighted by Crippen LogP contribution is 2.12. The predicted molar refractivity (Wildman–Crippen MR) is 68.8 cm³/mol. The van der Waals surface area contributed by atoms with Crippen LogP contribution in [0.15, 0.2) is 0 Å². The molecule has 100 valence electrons. The molecule has 0 aromatic carbocycles. The van der Waals surface area contributed by atoms with E-state index in [-0.39, 0.29) is 12.5 Å². The van der Waals surface area contributed by atoms with E-state index in [1.807, 2.05) is 4.90 Å². The molecule has 0 aromatic heterocycles. The maximum Gasteiger partial charge on any atom is 0.222 e. The molecule has 1 rings (SSSR count). The smallest absolute Gasteiger partial charge is 0.222 e. The van der Waals surface area contributed by atoms with Gasteiger partial charge in [-0.1, -0.05) is 20.3 Å². The number of nitrogens with one attached hydrogen (secondary N) is 1. The molecule has 0 aliphatic carbocycles. The number of hydrogen-bond acceptors (Lipinski definition) is 3. The monoisotopic (exact) mass is 242 g/mol. The summed E-state index contributed by atoms with van der Waals surface area (Å²) < 4.78 is 0. The van der Waals surface area contributed by atoms with Gasteiger partial charge in [0.05, 0.1) is 6.61 Å². The molecule has 2 N–H and O–H groups in total. The molecule has 4 nitrogen and oxygen atoms in total. The van der Waals surface area contributed by atoms with Crippen molar-refractivity contribution in [1.29, 1.82) is 0 Å². The van der Waals surface area contributed by atoms with Gasteiger partial charge in [-0.15, -0.1) is 0 Å². The maximum absolute atomic E-state index is 12.1. The normalized spacial score (nSPS) is 21.5. The van der Waals surface area contributed by atoms with Crippen LogP contribution in [0.3, 0.4) is 0 Å². The number of amides is 1. The largest absolute Gasteiger partial charge is 0.395 e. The number of carbonyl (C=O) groups is 1. The molecule has 0 spiro atoms. The van der Waals surface area contributed by atoms with Crippen LogP contribution >= 0.6 is 0 Å². The zero-order valence-electron chi connectivity index (χ0n) is 11.1. The van der Waals surface area contributed by atoms with E-state index in [4.69, 9.17) is 5.11 Å². The van der Waals surface area contributed by atoms with E-state index in [2.05, 4.69) is 19.2 Å². The van der Waals surface area contributed by atoms with Crippen LogP contribution < -0.4 is 5.32 Å². The summed E-state index contributed by atoms with van der Waals surface area (Å²) >= 11 is 0. The zero-order chi connectivity index (χ0) is 12.7. The topological polar surface area (TPSA) is 52.6 Å². The van der Waals surface area contributed by atoms with E-state index in [1.165, 1.54) is 6.42 Å². The van der Waals surface area contributed by atoms with Gasteiger partial charge in [0, 0.05) is 25.6 Å². The second-order valence-electron chi connectivity index (χ2n) is 5.07. The first-order chi connectivity index (χ1) is 8.17. The number of aliphatic hydroxyl groups excluding tert-OH is 1. The minimum Gasteiger partial charge on any atom is -0.395 e. The van der Waals surface area contributed by atoms with Gasteiger partial charge in [0.2, 0.25) is 5.91 Å². The van der Waals surface area contributed by atoms with Crippen molar-refractivity contribution in [3.05, 3.63) is 0 Å². The van der Waals surface area contributed by atoms with Crippen molar-refractivity contribution in [2.45, 2.75) is 45.6 Å². The van der Waals surface area contributed by atoms with Crippen LogP contribution in [-0.2, 0) is 4.79 Å². The second kappa shape index (κ2) is 7.67. The van der Waals surface area contributed by atoms with Crippen LogP contribution in [0.1, 0.15) is 39.5 Å². The summed E-state index contributed by atoms with van der Waals surface area (Å²) in [5.74, 6) is 0.613. The number of hydrogen-bond donors (Lipinski definition) is 2. The fourth-order valence-corrected chi connectivity index (χ4v) is 2.19. The Bertz CT molecular complexity index is 227. The molecular weight excluding hydrogens is 216 g/mol. The molecule has 0 bridgehead atoms. The lowest BCUT2D eigenvalue weighted by Crippen LogP contribution is -2.42. The Morgan fingerprint density at radius 3 is 2.88 bits per heavy atom. The third-order valence-electron chi connectivity index (χ3n) is 3.55. The quantitative estimate of drug-likeness (QED) is 0.700. The number of rotatable bonds is 7. The van der Waals surface area contributed by atoms with E-state index in [1.54, 1.807) is 0 Å². The van der Waals surface area contributed by atoms with Crippen molar-refractivity contribution in [1.82, 2.24) is 10.2 Å². The van der Waals surface area contributed by atoms with Crippen molar-refractivity contribution in [3.8, 4) is 0 Å². The lowest BCUT2D eigenvalue weighted by molar-refractivity contribution is -0.133. The van der Waals surface area contributed by atoms with E-state index in [0.29, 0.717) is 24.9 Å². The number of carbonyl (C=O) groups excluding carboxylic acids is 1. The summed E-state index contributed by atoms with van der Waals surface area (Å²) in [5.41, 5.74) is 0. The Morgan fingerprint density at radius 2 is 2.35 bits per heavy atom. The lowest BCUT2D eigenvalue weighted by atomic mass is 10.0. The summed E-state index contributed by atoms with van der Waals surface area (Å²) in [5, 5.41) is 12.4. The van der Waals surface area contributed by atoms with Crippen LogP contribution in [0.5, 0.6) is 0 Å². The summed E-state index contributed by atoms with van der Waals surface area (Å²) in [6.07, 6.45) is 3.96. The fourth-order valence-electron chi connectivity index (χ4n) is 2.19. The molecule has 4 heteroatoms. The Morgan fingerprint density at radius 1 is 1.59 bits per heavy atom. The molecule has 1 fully saturated rings. The third kappa shape index (κ3) is 5.04. The summed E-state index contributed by atoms with van der Waals surface area (Å²) in [6.45, 7) is 6.52. The first kappa shape index (κ1) is 14.5. The molecule has 1 saturated heterocycles. The Labute approximate surface area is 104 Å². The van der Waals surface area contributed by atoms with Gasteiger partial charge in [0.25, 0.3) is 0 Å². The van der Waals surface area contributed by atoms with E-state index < -0.39 is 0 Å². The molecule has 1 aliphatic heterocycles.